The van der Waals surface area contributed by atoms with E-state index in [-0.39, 0.29) is 19.6 Å². The van der Waals surface area contributed by atoms with E-state index in [0.29, 0.717) is 0 Å². The molecule has 0 bridgehead atoms. The average Bonchev–Trinajstić information content (AvgIpc) is 2.60. The highest BCUT2D eigenvalue weighted by atomic mass is 16.8. The first-order valence-corrected chi connectivity index (χ1v) is 7.00. The average molecular weight is 388 g/mol. The molecule has 0 rings (SSSR count). The summed E-state index contributed by atoms with van der Waals surface area (Å²) in [7, 11) is 0. The summed E-state index contributed by atoms with van der Waals surface area (Å²) in [5.41, 5.74) is 0. The van der Waals surface area contributed by atoms with Crippen LogP contribution in [0.3, 0.4) is 0 Å². The monoisotopic (exact) mass is 388 g/mol. The number of hydrogen-bond acceptors (Lipinski definition) is 11. The van der Waals surface area contributed by atoms with Crippen molar-refractivity contribution in [2.24, 2.45) is 0 Å². The Morgan fingerprint density at radius 3 is 1.44 bits per heavy atom. The Kier molecular flexibility index (Phi) is 17.5. The molecule has 0 aliphatic heterocycles. The molecule has 0 aromatic rings. The van der Waals surface area contributed by atoms with E-state index in [1.165, 1.54) is 6.08 Å². The highest BCUT2D eigenvalue weighted by Crippen LogP contribution is 1.90. The van der Waals surface area contributed by atoms with Crippen LogP contribution in [0.25, 0.3) is 0 Å². The molecule has 11 heteroatoms. The molecular formula is C16H20O11. The van der Waals surface area contributed by atoms with Crippen molar-refractivity contribution in [2.75, 3.05) is 20.0 Å². The summed E-state index contributed by atoms with van der Waals surface area (Å²) in [5.74, 6) is -0.416. The Labute approximate surface area is 155 Å². The number of carbonyl (C=O) groups excluding carboxylic acids is 4. The van der Waals surface area contributed by atoms with Gasteiger partial charge in [0.15, 0.2) is 0 Å². The third kappa shape index (κ3) is 20.2. The zero-order chi connectivity index (χ0) is 20.9. The van der Waals surface area contributed by atoms with Gasteiger partial charge in [0.25, 0.3) is 0 Å². The molecule has 0 heterocycles. The van der Waals surface area contributed by atoms with Crippen molar-refractivity contribution in [3.05, 3.63) is 51.2 Å². The minimum absolute atomic E-state index is 0.00108. The Balaban J connectivity index is 0. The van der Waals surface area contributed by atoms with Gasteiger partial charge in [0.05, 0.1) is 25.2 Å². The molecular weight excluding hydrogens is 368 g/mol. The van der Waals surface area contributed by atoms with Crippen LogP contribution in [0.5, 0.6) is 0 Å². The van der Waals surface area contributed by atoms with Crippen LogP contribution in [0.1, 0.15) is 6.42 Å². The first kappa shape index (κ1) is 25.5. The van der Waals surface area contributed by atoms with Crippen LogP contribution >= 0.6 is 0 Å². The number of esters is 1. The van der Waals surface area contributed by atoms with Crippen molar-refractivity contribution in [2.45, 2.75) is 6.42 Å². The van der Waals surface area contributed by atoms with Crippen LogP contribution in [0.4, 0.5) is 14.4 Å². The Bertz CT molecular complexity index is 478. The minimum atomic E-state index is -1.03. The SMILES string of the molecule is C=CCC(=O)OCCOC(=O)OC=C.C=COC(=O)OCOC(=O)OC=C. The summed E-state index contributed by atoms with van der Waals surface area (Å²) in [6.45, 7) is 12.1. The second-order valence-electron chi connectivity index (χ2n) is 3.57. The van der Waals surface area contributed by atoms with Gasteiger partial charge in [-0.25, -0.2) is 14.4 Å². The summed E-state index contributed by atoms with van der Waals surface area (Å²) < 4.78 is 30.0. The molecule has 0 aliphatic rings. The lowest BCUT2D eigenvalue weighted by Gasteiger charge is -2.03. The molecule has 11 nitrogen and oxygen atoms in total. The number of carbonyl (C=O) groups is 4. The molecule has 27 heavy (non-hydrogen) atoms. The highest BCUT2D eigenvalue weighted by molar-refractivity contribution is 5.71. The zero-order valence-electron chi connectivity index (χ0n) is 14.5. The molecule has 0 unspecified atom stereocenters. The third-order valence-corrected chi connectivity index (χ3v) is 1.77. The van der Waals surface area contributed by atoms with Gasteiger partial charge in [0.2, 0.25) is 6.79 Å². The number of rotatable bonds is 10. The van der Waals surface area contributed by atoms with E-state index in [4.69, 9.17) is 0 Å². The zero-order valence-corrected chi connectivity index (χ0v) is 14.5. The normalized spacial score (nSPS) is 8.30. The topological polar surface area (TPSA) is 133 Å². The van der Waals surface area contributed by atoms with Gasteiger partial charge in [-0.3, -0.25) is 4.79 Å². The molecule has 0 amide bonds. The van der Waals surface area contributed by atoms with Crippen LogP contribution in [-0.2, 0) is 38.0 Å². The molecule has 0 fully saturated rings. The van der Waals surface area contributed by atoms with Crippen molar-refractivity contribution in [1.82, 2.24) is 0 Å². The summed E-state index contributed by atoms with van der Waals surface area (Å²) >= 11 is 0. The van der Waals surface area contributed by atoms with Gasteiger partial charge in [-0.05, 0) is 0 Å². The Morgan fingerprint density at radius 1 is 0.630 bits per heavy atom. The van der Waals surface area contributed by atoms with Gasteiger partial charge < -0.3 is 33.2 Å². The van der Waals surface area contributed by atoms with Crippen LogP contribution in [-0.4, -0.2) is 44.4 Å². The third-order valence-electron chi connectivity index (χ3n) is 1.77. The summed E-state index contributed by atoms with van der Waals surface area (Å²) in [4.78, 5) is 42.1. The van der Waals surface area contributed by atoms with Gasteiger partial charge >= 0.3 is 24.4 Å². The largest absolute Gasteiger partial charge is 0.516 e. The lowest BCUT2D eigenvalue weighted by Crippen LogP contribution is -2.12. The van der Waals surface area contributed by atoms with Crippen molar-refractivity contribution in [1.29, 1.82) is 0 Å². The number of hydrogen-bond donors (Lipinski definition) is 0. The second kappa shape index (κ2) is 18.6. The predicted octanol–water partition coefficient (Wildman–Crippen LogP) is 2.94. The molecule has 0 atom stereocenters. The minimum Gasteiger partial charge on any atom is -0.462 e. The lowest BCUT2D eigenvalue weighted by molar-refractivity contribution is -0.143. The van der Waals surface area contributed by atoms with E-state index in [2.05, 4.69) is 59.5 Å². The van der Waals surface area contributed by atoms with Gasteiger partial charge in [0, 0.05) is 0 Å². The summed E-state index contributed by atoms with van der Waals surface area (Å²) in [6, 6.07) is 0. The van der Waals surface area contributed by atoms with Crippen molar-refractivity contribution >= 4 is 24.4 Å². The van der Waals surface area contributed by atoms with Crippen molar-refractivity contribution in [3.63, 3.8) is 0 Å². The Hall–Kier alpha value is -3.76. The fourth-order valence-corrected chi connectivity index (χ4v) is 0.889. The van der Waals surface area contributed by atoms with E-state index in [1.54, 1.807) is 0 Å². The summed E-state index contributed by atoms with van der Waals surface area (Å²) in [5, 5.41) is 0. The second-order valence-corrected chi connectivity index (χ2v) is 3.57. The molecule has 0 spiro atoms. The van der Waals surface area contributed by atoms with E-state index in [9.17, 15) is 19.2 Å². The molecule has 0 aliphatic carbocycles. The van der Waals surface area contributed by atoms with E-state index in [0.717, 1.165) is 18.8 Å². The Morgan fingerprint density at radius 2 is 1.04 bits per heavy atom. The van der Waals surface area contributed by atoms with E-state index < -0.39 is 31.2 Å². The molecule has 0 aromatic carbocycles. The van der Waals surface area contributed by atoms with Gasteiger partial charge in [-0.15, -0.1) is 6.58 Å². The summed E-state index contributed by atoms with van der Waals surface area (Å²) in [6.07, 6.45) is 1.34. The van der Waals surface area contributed by atoms with Crippen molar-refractivity contribution < 1.29 is 52.3 Å². The van der Waals surface area contributed by atoms with Crippen LogP contribution < -0.4 is 0 Å². The van der Waals surface area contributed by atoms with Gasteiger partial charge in [-0.2, -0.15) is 0 Å². The maximum atomic E-state index is 10.7. The standard InChI is InChI=1S/C9H12O5.C7H8O6/c1-3-5-8(10)13-6-7-14-9(11)12-4-2;1-3-10-6(8)12-5-13-7(9)11-4-2/h3-4H,1-2,5-7H2;3-4H,1-2,5H2. The predicted molar refractivity (Wildman–Crippen MR) is 88.8 cm³/mol. The fraction of sp³-hybridized carbons (Fsp3) is 0.250. The van der Waals surface area contributed by atoms with Gasteiger partial charge in [0.1, 0.15) is 13.2 Å². The first-order valence-electron chi connectivity index (χ1n) is 7.00. The molecule has 0 N–H and O–H groups in total. The first-order chi connectivity index (χ1) is 12.9. The lowest BCUT2D eigenvalue weighted by atomic mass is 10.4. The molecule has 0 radical (unpaired) electrons. The smallest absolute Gasteiger partial charge is 0.462 e. The van der Waals surface area contributed by atoms with Crippen LogP contribution in [0.15, 0.2) is 51.2 Å². The molecule has 150 valence electrons. The van der Waals surface area contributed by atoms with E-state index >= 15 is 0 Å². The van der Waals surface area contributed by atoms with Gasteiger partial charge in [-0.1, -0.05) is 25.8 Å². The highest BCUT2D eigenvalue weighted by Gasteiger charge is 2.05. The molecule has 0 saturated heterocycles. The molecule has 0 saturated carbocycles. The molecule has 0 aromatic heterocycles. The van der Waals surface area contributed by atoms with Crippen LogP contribution in [0.2, 0.25) is 0 Å². The van der Waals surface area contributed by atoms with Crippen molar-refractivity contribution in [3.8, 4) is 0 Å². The van der Waals surface area contributed by atoms with Crippen LogP contribution in [0, 0.1) is 0 Å². The number of ether oxygens (including phenoxy) is 7. The van der Waals surface area contributed by atoms with E-state index in [1.807, 2.05) is 0 Å². The maximum absolute atomic E-state index is 10.7. The quantitative estimate of drug-likeness (QED) is 0.136. The fourth-order valence-electron chi connectivity index (χ4n) is 0.889. The maximum Gasteiger partial charge on any atom is 0.516 e.